The van der Waals surface area contributed by atoms with E-state index in [0.29, 0.717) is 30.1 Å². The Morgan fingerprint density at radius 1 is 0.972 bits per heavy atom. The largest absolute Gasteiger partial charge is 0.341 e. The number of aromatic nitrogens is 4. The van der Waals surface area contributed by atoms with Gasteiger partial charge in [-0.3, -0.25) is 23.4 Å². The Balaban J connectivity index is 1.37. The molecule has 3 heterocycles. The fraction of sp³-hybridized carbons (Fsp3) is 0.333. The Labute approximate surface area is 207 Å². The molecule has 8 nitrogen and oxygen atoms in total. The number of amides is 1. The minimum Gasteiger partial charge on any atom is -0.341 e. The second-order valence-corrected chi connectivity index (χ2v) is 9.44. The molecule has 0 spiro atoms. The van der Waals surface area contributed by atoms with Gasteiger partial charge < -0.3 is 4.90 Å². The van der Waals surface area contributed by atoms with E-state index in [0.717, 1.165) is 23.8 Å². The molecular formula is C27H28FN5O3. The van der Waals surface area contributed by atoms with Crippen molar-refractivity contribution in [3.63, 3.8) is 0 Å². The monoisotopic (exact) mass is 489 g/mol. The van der Waals surface area contributed by atoms with Crippen molar-refractivity contribution in [2.24, 2.45) is 13.0 Å². The number of nitrogens with zero attached hydrogens (tertiary/aromatic N) is 5. The van der Waals surface area contributed by atoms with E-state index in [1.54, 1.807) is 18.1 Å². The number of carbonyl (C=O) groups excluding carboxylic acids is 1. The highest BCUT2D eigenvalue weighted by atomic mass is 19.1. The van der Waals surface area contributed by atoms with Crippen LogP contribution in [0.15, 0.2) is 70.4 Å². The van der Waals surface area contributed by atoms with Gasteiger partial charge in [-0.2, -0.15) is 5.10 Å². The van der Waals surface area contributed by atoms with Crippen LogP contribution in [-0.2, 0) is 31.4 Å². The van der Waals surface area contributed by atoms with E-state index in [2.05, 4.69) is 17.2 Å². The highest BCUT2D eigenvalue weighted by Gasteiger charge is 2.25. The molecule has 1 aliphatic heterocycles. The molecule has 0 unspecified atom stereocenters. The molecule has 1 fully saturated rings. The standard InChI is InChI=1S/C27H28FN5O3/c1-30-17-23-25(29-30)26(35)33(16-21-7-9-22(28)10-8-21)27(36)32(23)18-24(34)31-13-11-20(12-14-31)15-19-5-3-2-4-6-19/h2-10,17,20H,11-16,18H2,1H3. The molecule has 36 heavy (non-hydrogen) atoms. The van der Waals surface area contributed by atoms with Gasteiger partial charge in [0.05, 0.1) is 12.1 Å². The Bertz CT molecular complexity index is 1500. The van der Waals surface area contributed by atoms with Gasteiger partial charge in [-0.25, -0.2) is 9.18 Å². The zero-order valence-electron chi connectivity index (χ0n) is 20.1. The Morgan fingerprint density at radius 3 is 2.36 bits per heavy atom. The predicted octanol–water partition coefficient (Wildman–Crippen LogP) is 2.57. The van der Waals surface area contributed by atoms with E-state index in [4.69, 9.17) is 0 Å². The molecule has 2 aromatic heterocycles. The molecule has 0 bridgehead atoms. The number of hydrogen-bond donors (Lipinski definition) is 0. The third-order valence-electron chi connectivity index (χ3n) is 6.89. The molecule has 2 aromatic carbocycles. The van der Waals surface area contributed by atoms with Gasteiger partial charge in [-0.05, 0) is 48.4 Å². The summed E-state index contributed by atoms with van der Waals surface area (Å²) in [4.78, 5) is 41.5. The third kappa shape index (κ3) is 4.86. The molecule has 0 N–H and O–H groups in total. The highest BCUT2D eigenvalue weighted by molar-refractivity contribution is 5.79. The second-order valence-electron chi connectivity index (χ2n) is 9.44. The molecule has 0 aliphatic carbocycles. The quantitative estimate of drug-likeness (QED) is 0.417. The molecule has 4 aromatic rings. The van der Waals surface area contributed by atoms with Gasteiger partial charge in [0.15, 0.2) is 5.52 Å². The van der Waals surface area contributed by atoms with Crippen molar-refractivity contribution in [2.75, 3.05) is 13.1 Å². The number of carbonyl (C=O) groups is 1. The number of rotatable bonds is 6. The highest BCUT2D eigenvalue weighted by Crippen LogP contribution is 2.22. The van der Waals surface area contributed by atoms with Crippen LogP contribution in [0, 0.1) is 11.7 Å². The number of fused-ring (bicyclic) bond motifs is 1. The first-order valence-electron chi connectivity index (χ1n) is 12.1. The maximum Gasteiger partial charge on any atom is 0.332 e. The number of benzene rings is 2. The number of piperidine rings is 1. The SMILES string of the molecule is Cn1cc2c(n1)c(=O)n(Cc1ccc(F)cc1)c(=O)n2CC(=O)N1CCC(Cc2ccccc2)CC1. The average molecular weight is 490 g/mol. The lowest BCUT2D eigenvalue weighted by Gasteiger charge is -2.32. The van der Waals surface area contributed by atoms with Crippen molar-refractivity contribution in [1.82, 2.24) is 23.8 Å². The van der Waals surface area contributed by atoms with Gasteiger partial charge in [0.25, 0.3) is 5.56 Å². The van der Waals surface area contributed by atoms with Crippen molar-refractivity contribution in [2.45, 2.75) is 32.4 Å². The van der Waals surface area contributed by atoms with E-state index in [9.17, 15) is 18.8 Å². The lowest BCUT2D eigenvalue weighted by molar-refractivity contribution is -0.133. The normalized spacial score (nSPS) is 14.4. The number of aryl methyl sites for hydroxylation is 1. The number of halogens is 1. The third-order valence-corrected chi connectivity index (χ3v) is 6.89. The molecule has 0 radical (unpaired) electrons. The first kappa shape index (κ1) is 23.7. The lowest BCUT2D eigenvalue weighted by Crippen LogP contribution is -2.45. The minimum absolute atomic E-state index is 0.0382. The van der Waals surface area contributed by atoms with E-state index in [-0.39, 0.29) is 24.5 Å². The van der Waals surface area contributed by atoms with Crippen molar-refractivity contribution < 1.29 is 9.18 Å². The summed E-state index contributed by atoms with van der Waals surface area (Å²) in [6.07, 6.45) is 4.39. The second kappa shape index (κ2) is 9.93. The molecule has 186 valence electrons. The van der Waals surface area contributed by atoms with Gasteiger partial charge in [0.2, 0.25) is 5.91 Å². The average Bonchev–Trinajstić information content (AvgIpc) is 3.28. The van der Waals surface area contributed by atoms with Crippen LogP contribution >= 0.6 is 0 Å². The van der Waals surface area contributed by atoms with Gasteiger partial charge in [0, 0.05) is 26.3 Å². The Morgan fingerprint density at radius 2 is 1.67 bits per heavy atom. The van der Waals surface area contributed by atoms with Crippen LogP contribution < -0.4 is 11.2 Å². The van der Waals surface area contributed by atoms with Crippen LogP contribution in [0.2, 0.25) is 0 Å². The van der Waals surface area contributed by atoms with Crippen molar-refractivity contribution >= 4 is 16.9 Å². The summed E-state index contributed by atoms with van der Waals surface area (Å²) in [7, 11) is 1.66. The summed E-state index contributed by atoms with van der Waals surface area (Å²) in [5.41, 5.74) is 1.23. The zero-order chi connectivity index (χ0) is 25.2. The van der Waals surface area contributed by atoms with Crippen molar-refractivity contribution in [3.05, 3.63) is 98.6 Å². The van der Waals surface area contributed by atoms with E-state index in [1.807, 2.05) is 18.2 Å². The van der Waals surface area contributed by atoms with Crippen LogP contribution in [0.5, 0.6) is 0 Å². The molecule has 0 saturated carbocycles. The maximum absolute atomic E-state index is 13.4. The molecule has 1 aliphatic rings. The van der Waals surface area contributed by atoms with Crippen LogP contribution in [0.1, 0.15) is 24.0 Å². The predicted molar refractivity (Wildman–Crippen MR) is 134 cm³/mol. The minimum atomic E-state index is -0.586. The smallest absolute Gasteiger partial charge is 0.332 e. The van der Waals surface area contributed by atoms with E-state index in [1.165, 1.54) is 39.1 Å². The number of likely N-dealkylation sites (tertiary alicyclic amines) is 1. The van der Waals surface area contributed by atoms with E-state index >= 15 is 0 Å². The maximum atomic E-state index is 13.4. The summed E-state index contributed by atoms with van der Waals surface area (Å²) < 4.78 is 17.2. The molecule has 0 atom stereocenters. The van der Waals surface area contributed by atoms with Crippen molar-refractivity contribution in [1.29, 1.82) is 0 Å². The van der Waals surface area contributed by atoms with E-state index < -0.39 is 17.1 Å². The Hall–Kier alpha value is -4.01. The zero-order valence-corrected chi connectivity index (χ0v) is 20.1. The Kier molecular flexibility index (Phi) is 6.54. The molecular weight excluding hydrogens is 461 g/mol. The summed E-state index contributed by atoms with van der Waals surface area (Å²) in [6.45, 7) is 1.06. The van der Waals surface area contributed by atoms with Gasteiger partial charge >= 0.3 is 5.69 Å². The molecule has 1 amide bonds. The van der Waals surface area contributed by atoms with Gasteiger partial charge in [-0.1, -0.05) is 42.5 Å². The van der Waals surface area contributed by atoms with Gasteiger partial charge in [0.1, 0.15) is 12.4 Å². The summed E-state index contributed by atoms with van der Waals surface area (Å²) in [6, 6.07) is 16.0. The van der Waals surface area contributed by atoms with Crippen LogP contribution in [0.25, 0.3) is 11.0 Å². The first-order valence-corrected chi connectivity index (χ1v) is 12.1. The molecule has 5 rings (SSSR count). The summed E-state index contributed by atoms with van der Waals surface area (Å²) in [5.74, 6) is -0.0453. The number of hydrogen-bond acceptors (Lipinski definition) is 4. The molecule has 9 heteroatoms. The van der Waals surface area contributed by atoms with Gasteiger partial charge in [-0.15, -0.1) is 0 Å². The summed E-state index contributed by atoms with van der Waals surface area (Å²) in [5, 5.41) is 4.24. The first-order chi connectivity index (χ1) is 17.4. The molecule has 1 saturated heterocycles. The topological polar surface area (TPSA) is 82.1 Å². The lowest BCUT2D eigenvalue weighted by atomic mass is 9.90. The van der Waals surface area contributed by atoms with Crippen LogP contribution in [0.4, 0.5) is 4.39 Å². The fourth-order valence-corrected chi connectivity index (χ4v) is 4.92. The van der Waals surface area contributed by atoms with Crippen LogP contribution in [-0.4, -0.2) is 42.8 Å². The van der Waals surface area contributed by atoms with Crippen LogP contribution in [0.3, 0.4) is 0 Å². The van der Waals surface area contributed by atoms with Crippen molar-refractivity contribution in [3.8, 4) is 0 Å². The fourth-order valence-electron chi connectivity index (χ4n) is 4.92. The summed E-state index contributed by atoms with van der Waals surface area (Å²) >= 11 is 0.